The van der Waals surface area contributed by atoms with Crippen molar-refractivity contribution in [3.8, 4) is 0 Å². The largest absolute Gasteiger partial charge is 0.481 e. The molecule has 21 heavy (non-hydrogen) atoms. The third kappa shape index (κ3) is 4.56. The number of halogens is 1. The minimum Gasteiger partial charge on any atom is -0.481 e. The number of carbonyl (C=O) groups is 2. The Morgan fingerprint density at radius 1 is 1.33 bits per heavy atom. The van der Waals surface area contributed by atoms with Gasteiger partial charge in [0.1, 0.15) is 0 Å². The van der Waals surface area contributed by atoms with Crippen LogP contribution in [0.3, 0.4) is 0 Å². The molecule has 0 heterocycles. The number of nitrogens with two attached hydrogens (primary N) is 1. The van der Waals surface area contributed by atoms with E-state index in [2.05, 4.69) is 5.32 Å². The molecule has 1 aliphatic carbocycles. The van der Waals surface area contributed by atoms with Crippen molar-refractivity contribution in [2.45, 2.75) is 58.2 Å². The average molecular weight is 323 g/mol. The lowest BCUT2D eigenvalue weighted by Gasteiger charge is -2.35. The van der Waals surface area contributed by atoms with Crippen LogP contribution in [0.5, 0.6) is 0 Å². The molecule has 1 rings (SSSR count). The summed E-state index contributed by atoms with van der Waals surface area (Å²) < 4.78 is 0. The summed E-state index contributed by atoms with van der Waals surface area (Å²) in [6.07, 6.45) is 0.918. The molecule has 0 saturated heterocycles. The van der Waals surface area contributed by atoms with Crippen LogP contribution in [-0.2, 0) is 9.59 Å². The Hall–Kier alpha value is -0.850. The van der Waals surface area contributed by atoms with Crippen molar-refractivity contribution in [1.29, 1.82) is 0 Å². The van der Waals surface area contributed by atoms with Crippen molar-refractivity contribution in [3.63, 3.8) is 0 Å². The molecule has 7 heteroatoms. The zero-order valence-electron chi connectivity index (χ0n) is 12.8. The lowest BCUT2D eigenvalue weighted by atomic mass is 9.80. The summed E-state index contributed by atoms with van der Waals surface area (Å²) in [5, 5.41) is 22.3. The predicted octanol–water partition coefficient (Wildman–Crippen LogP) is 0.758. The third-order valence-electron chi connectivity index (χ3n) is 4.49. The molecule has 0 spiro atoms. The highest BCUT2D eigenvalue weighted by atomic mass is 35.5. The monoisotopic (exact) mass is 322 g/mol. The topological polar surface area (TPSA) is 113 Å². The van der Waals surface area contributed by atoms with Gasteiger partial charge >= 0.3 is 5.97 Å². The fourth-order valence-corrected chi connectivity index (χ4v) is 3.40. The van der Waals surface area contributed by atoms with Gasteiger partial charge in [0.05, 0.1) is 12.0 Å². The highest BCUT2D eigenvalue weighted by Crippen LogP contribution is 2.36. The molecule has 0 aromatic rings. The van der Waals surface area contributed by atoms with E-state index >= 15 is 0 Å². The number of aliphatic hydroxyl groups excluding tert-OH is 1. The zero-order valence-corrected chi connectivity index (χ0v) is 13.6. The molecule has 0 aromatic heterocycles. The van der Waals surface area contributed by atoms with Gasteiger partial charge < -0.3 is 21.3 Å². The molecular weight excluding hydrogens is 296 g/mol. The van der Waals surface area contributed by atoms with Crippen LogP contribution in [0, 0.1) is 17.8 Å². The Balaban J connectivity index is 0.00000400. The van der Waals surface area contributed by atoms with Crippen LogP contribution in [0.2, 0.25) is 0 Å². The summed E-state index contributed by atoms with van der Waals surface area (Å²) in [6.45, 7) is 5.46. The van der Waals surface area contributed by atoms with E-state index in [1.807, 2.05) is 13.8 Å². The molecule has 1 amide bonds. The minimum absolute atomic E-state index is 0. The Morgan fingerprint density at radius 3 is 2.19 bits per heavy atom. The Kier molecular flexibility index (Phi) is 8.21. The Labute approximate surface area is 131 Å². The van der Waals surface area contributed by atoms with Crippen molar-refractivity contribution in [2.24, 2.45) is 23.5 Å². The van der Waals surface area contributed by atoms with Crippen LogP contribution < -0.4 is 11.1 Å². The Bertz CT molecular complexity index is 363. The molecule has 0 unspecified atom stereocenters. The molecule has 0 radical (unpaired) electrons. The van der Waals surface area contributed by atoms with Crippen LogP contribution in [0.1, 0.15) is 40.0 Å². The Morgan fingerprint density at radius 2 is 1.86 bits per heavy atom. The molecule has 1 fully saturated rings. The number of carboxylic acid groups (broad SMARTS) is 1. The number of hydrogen-bond acceptors (Lipinski definition) is 4. The van der Waals surface area contributed by atoms with Gasteiger partial charge in [0.25, 0.3) is 0 Å². The molecule has 0 aromatic carbocycles. The van der Waals surface area contributed by atoms with E-state index in [0.717, 1.165) is 12.8 Å². The summed E-state index contributed by atoms with van der Waals surface area (Å²) >= 11 is 0. The summed E-state index contributed by atoms with van der Waals surface area (Å²) in [6, 6.07) is -0.694. The van der Waals surface area contributed by atoms with E-state index in [9.17, 15) is 14.7 Å². The van der Waals surface area contributed by atoms with Crippen molar-refractivity contribution in [3.05, 3.63) is 0 Å². The minimum atomic E-state index is -1.03. The fourth-order valence-electron chi connectivity index (χ4n) is 3.40. The number of carbonyl (C=O) groups excluding carboxylic acids is 1. The van der Waals surface area contributed by atoms with Gasteiger partial charge in [-0.05, 0) is 12.3 Å². The standard InChI is InChI=1S/C14H26N2O4.ClH/c1-4-8(5-2)12(16-7(3)17)11-10(15)6-9(13(11)18)14(19)20;/h8-13,18H,4-6,15H2,1-3H3,(H,16,17)(H,19,20);1H/t9-,10+,11+,12-,13+;/m0./s1. The molecular formula is C14H27ClN2O4. The summed E-state index contributed by atoms with van der Waals surface area (Å²) in [5.41, 5.74) is 6.05. The zero-order chi connectivity index (χ0) is 15.4. The van der Waals surface area contributed by atoms with Crippen LogP contribution in [0.15, 0.2) is 0 Å². The first-order chi connectivity index (χ1) is 9.33. The molecule has 5 atom stereocenters. The van der Waals surface area contributed by atoms with Crippen molar-refractivity contribution in [2.75, 3.05) is 0 Å². The second-order valence-corrected chi connectivity index (χ2v) is 5.72. The molecule has 5 N–H and O–H groups in total. The van der Waals surface area contributed by atoms with Gasteiger partial charge in [-0.15, -0.1) is 12.4 Å². The lowest BCUT2D eigenvalue weighted by molar-refractivity contribution is -0.145. The number of hydrogen-bond donors (Lipinski definition) is 4. The highest BCUT2D eigenvalue weighted by molar-refractivity contribution is 5.85. The first-order valence-electron chi connectivity index (χ1n) is 7.26. The first kappa shape index (κ1) is 20.1. The van der Waals surface area contributed by atoms with Gasteiger partial charge in [-0.25, -0.2) is 0 Å². The first-order valence-corrected chi connectivity index (χ1v) is 7.26. The fraction of sp³-hybridized carbons (Fsp3) is 0.857. The molecule has 0 bridgehead atoms. The van der Waals surface area contributed by atoms with Crippen molar-refractivity contribution in [1.82, 2.24) is 5.32 Å². The quantitative estimate of drug-likeness (QED) is 0.576. The van der Waals surface area contributed by atoms with E-state index in [4.69, 9.17) is 10.8 Å². The van der Waals surface area contributed by atoms with E-state index in [0.29, 0.717) is 0 Å². The maximum absolute atomic E-state index is 11.4. The molecule has 1 saturated carbocycles. The number of aliphatic hydroxyl groups is 1. The number of rotatable bonds is 6. The van der Waals surface area contributed by atoms with Gasteiger partial charge in [-0.3, -0.25) is 9.59 Å². The van der Waals surface area contributed by atoms with Crippen molar-refractivity contribution >= 4 is 24.3 Å². The molecule has 6 nitrogen and oxygen atoms in total. The van der Waals surface area contributed by atoms with Gasteiger partial charge in [-0.1, -0.05) is 26.7 Å². The van der Waals surface area contributed by atoms with E-state index in [1.165, 1.54) is 6.92 Å². The van der Waals surface area contributed by atoms with Crippen LogP contribution in [0.4, 0.5) is 0 Å². The van der Waals surface area contributed by atoms with E-state index in [1.54, 1.807) is 0 Å². The normalized spacial score (nSPS) is 29.8. The van der Waals surface area contributed by atoms with Gasteiger partial charge in [0.2, 0.25) is 5.91 Å². The van der Waals surface area contributed by atoms with Crippen LogP contribution in [-0.4, -0.2) is 40.3 Å². The lowest BCUT2D eigenvalue weighted by Crippen LogP contribution is -2.52. The second-order valence-electron chi connectivity index (χ2n) is 5.72. The number of carboxylic acids is 1. The molecule has 1 aliphatic rings. The summed E-state index contributed by atoms with van der Waals surface area (Å²) in [5.74, 6) is -2.29. The maximum atomic E-state index is 11.4. The van der Waals surface area contributed by atoms with Gasteiger partial charge in [0, 0.05) is 24.9 Å². The second kappa shape index (κ2) is 8.56. The predicted molar refractivity (Wildman–Crippen MR) is 82.1 cm³/mol. The third-order valence-corrected chi connectivity index (χ3v) is 4.49. The number of amides is 1. The van der Waals surface area contributed by atoms with Gasteiger partial charge in [0.15, 0.2) is 0 Å². The van der Waals surface area contributed by atoms with Crippen LogP contribution in [0.25, 0.3) is 0 Å². The number of nitrogens with one attached hydrogen (secondary N) is 1. The smallest absolute Gasteiger partial charge is 0.309 e. The van der Waals surface area contributed by atoms with E-state index in [-0.39, 0.29) is 36.7 Å². The van der Waals surface area contributed by atoms with Crippen molar-refractivity contribution < 1.29 is 19.8 Å². The van der Waals surface area contributed by atoms with Gasteiger partial charge in [-0.2, -0.15) is 0 Å². The van der Waals surface area contributed by atoms with Crippen LogP contribution >= 0.6 is 12.4 Å². The number of aliphatic carboxylic acids is 1. The van der Waals surface area contributed by atoms with E-state index < -0.39 is 30.0 Å². The molecule has 124 valence electrons. The summed E-state index contributed by atoms with van der Waals surface area (Å²) in [7, 11) is 0. The summed E-state index contributed by atoms with van der Waals surface area (Å²) in [4.78, 5) is 22.6. The molecule has 0 aliphatic heterocycles. The SMILES string of the molecule is CCC(CC)[C@H](NC(C)=O)[C@@H]1[C@H](O)[C@@H](C(=O)O)C[C@H]1N.Cl. The average Bonchev–Trinajstić information content (AvgIpc) is 2.65. The maximum Gasteiger partial charge on any atom is 0.309 e. The highest BCUT2D eigenvalue weighted by Gasteiger charge is 2.49.